The lowest BCUT2D eigenvalue weighted by Crippen LogP contribution is -2.45. The fourth-order valence-corrected chi connectivity index (χ4v) is 3.36. The molecule has 1 aliphatic heterocycles. The van der Waals surface area contributed by atoms with Gasteiger partial charge in [0.2, 0.25) is 0 Å². The predicted octanol–water partition coefficient (Wildman–Crippen LogP) is 2.89. The van der Waals surface area contributed by atoms with Crippen LogP contribution in [0.5, 0.6) is 0 Å². The number of benzene rings is 2. The van der Waals surface area contributed by atoms with Crippen molar-refractivity contribution in [2.75, 3.05) is 38.0 Å². The molecule has 10 heteroatoms. The topological polar surface area (TPSA) is 122 Å². The zero-order valence-electron chi connectivity index (χ0n) is 16.6. The lowest BCUT2D eigenvalue weighted by molar-refractivity contribution is -0.394. The summed E-state index contributed by atoms with van der Waals surface area (Å²) < 4.78 is 0. The Kier molecular flexibility index (Phi) is 6.70. The molecule has 0 aromatic heterocycles. The van der Waals surface area contributed by atoms with Gasteiger partial charge >= 0.3 is 0 Å². The molecule has 158 valence electrons. The van der Waals surface area contributed by atoms with E-state index in [1.807, 2.05) is 12.1 Å². The first kappa shape index (κ1) is 21.3. The number of nitro groups is 2. The van der Waals surface area contributed by atoms with E-state index in [0.29, 0.717) is 5.69 Å². The average Bonchev–Trinajstić information content (AvgIpc) is 2.75. The second-order valence-electron chi connectivity index (χ2n) is 7.11. The van der Waals surface area contributed by atoms with E-state index in [-0.39, 0.29) is 5.56 Å². The second kappa shape index (κ2) is 9.42. The van der Waals surface area contributed by atoms with Gasteiger partial charge in [-0.1, -0.05) is 19.1 Å². The Hall–Kier alpha value is -3.37. The van der Waals surface area contributed by atoms with Crippen LogP contribution in [0.15, 0.2) is 42.5 Å². The normalized spacial score (nSPS) is 15.0. The second-order valence-corrected chi connectivity index (χ2v) is 7.11. The van der Waals surface area contributed by atoms with Crippen LogP contribution < -0.4 is 5.32 Å². The summed E-state index contributed by atoms with van der Waals surface area (Å²) in [6.45, 7) is 8.18. The van der Waals surface area contributed by atoms with E-state index in [4.69, 9.17) is 0 Å². The van der Waals surface area contributed by atoms with Crippen molar-refractivity contribution in [2.24, 2.45) is 0 Å². The summed E-state index contributed by atoms with van der Waals surface area (Å²) >= 11 is 0. The maximum Gasteiger partial charge on any atom is 0.277 e. The van der Waals surface area contributed by atoms with Gasteiger partial charge in [0.05, 0.1) is 21.5 Å². The molecule has 0 atom stereocenters. The van der Waals surface area contributed by atoms with Crippen LogP contribution in [0.2, 0.25) is 0 Å². The average molecular weight is 413 g/mol. The molecule has 0 unspecified atom stereocenters. The largest absolute Gasteiger partial charge is 0.322 e. The molecular formula is C20H23N5O5. The molecule has 0 radical (unpaired) electrons. The summed E-state index contributed by atoms with van der Waals surface area (Å²) in [4.78, 5) is 37.7. The number of nitrogens with zero attached hydrogens (tertiary/aromatic N) is 4. The van der Waals surface area contributed by atoms with Crippen molar-refractivity contribution in [2.45, 2.75) is 13.5 Å². The van der Waals surface area contributed by atoms with Crippen LogP contribution in [0.1, 0.15) is 22.8 Å². The van der Waals surface area contributed by atoms with Crippen LogP contribution in [0, 0.1) is 20.2 Å². The molecule has 30 heavy (non-hydrogen) atoms. The van der Waals surface area contributed by atoms with Crippen molar-refractivity contribution in [1.29, 1.82) is 0 Å². The Bertz CT molecular complexity index is 907. The number of hydrogen-bond acceptors (Lipinski definition) is 7. The number of hydrogen-bond donors (Lipinski definition) is 1. The molecule has 0 bridgehead atoms. The van der Waals surface area contributed by atoms with Gasteiger partial charge < -0.3 is 10.2 Å². The highest BCUT2D eigenvalue weighted by molar-refractivity contribution is 6.05. The zero-order chi connectivity index (χ0) is 21.7. The molecule has 0 aliphatic carbocycles. The third-order valence-corrected chi connectivity index (χ3v) is 5.12. The van der Waals surface area contributed by atoms with Crippen molar-refractivity contribution >= 4 is 23.0 Å². The molecule has 1 amide bonds. The van der Waals surface area contributed by atoms with E-state index < -0.39 is 27.1 Å². The summed E-state index contributed by atoms with van der Waals surface area (Å²) in [5.74, 6) is -0.648. The Morgan fingerprint density at radius 2 is 1.47 bits per heavy atom. The summed E-state index contributed by atoms with van der Waals surface area (Å²) in [5, 5.41) is 24.6. The minimum atomic E-state index is -0.765. The first-order valence-corrected chi connectivity index (χ1v) is 9.64. The van der Waals surface area contributed by atoms with Gasteiger partial charge in [-0.2, -0.15) is 0 Å². The van der Waals surface area contributed by atoms with E-state index in [9.17, 15) is 25.0 Å². The van der Waals surface area contributed by atoms with Crippen LogP contribution in [0.25, 0.3) is 0 Å². The van der Waals surface area contributed by atoms with Gasteiger partial charge in [-0.15, -0.1) is 0 Å². The van der Waals surface area contributed by atoms with Crippen molar-refractivity contribution in [1.82, 2.24) is 9.80 Å². The molecule has 1 saturated heterocycles. The van der Waals surface area contributed by atoms with Crippen molar-refractivity contribution in [3.63, 3.8) is 0 Å². The summed E-state index contributed by atoms with van der Waals surface area (Å²) in [7, 11) is 0. The van der Waals surface area contributed by atoms with Gasteiger partial charge in [0, 0.05) is 50.5 Å². The van der Waals surface area contributed by atoms with Crippen LogP contribution >= 0.6 is 0 Å². The maximum absolute atomic E-state index is 12.5. The molecular weight excluding hydrogens is 390 g/mol. The summed E-state index contributed by atoms with van der Waals surface area (Å²) in [6, 6.07) is 10.2. The molecule has 1 N–H and O–H groups in total. The monoisotopic (exact) mass is 413 g/mol. The smallest absolute Gasteiger partial charge is 0.277 e. The van der Waals surface area contributed by atoms with E-state index in [2.05, 4.69) is 22.0 Å². The molecule has 2 aromatic rings. The fourth-order valence-electron chi connectivity index (χ4n) is 3.36. The number of non-ortho nitro benzene ring substituents is 2. The summed E-state index contributed by atoms with van der Waals surface area (Å²) in [6.07, 6.45) is 0. The van der Waals surface area contributed by atoms with Crippen LogP contribution in [0.4, 0.5) is 17.1 Å². The SMILES string of the molecule is CCN1CCN(Cc2ccc(NC(=O)c3cc([N+](=O)[O-])cc([N+](=O)[O-])c3)cc2)CC1. The first-order valence-electron chi connectivity index (χ1n) is 9.64. The first-order chi connectivity index (χ1) is 14.4. The quantitative estimate of drug-likeness (QED) is 0.547. The number of nitro benzene ring substituents is 2. The fraction of sp³-hybridized carbons (Fsp3) is 0.350. The van der Waals surface area contributed by atoms with Crippen molar-refractivity contribution in [3.8, 4) is 0 Å². The lowest BCUT2D eigenvalue weighted by Gasteiger charge is -2.34. The molecule has 10 nitrogen and oxygen atoms in total. The Labute approximate surface area is 173 Å². The van der Waals surface area contributed by atoms with Gasteiger partial charge in [-0.05, 0) is 24.2 Å². The molecule has 1 aliphatic rings. The van der Waals surface area contributed by atoms with Gasteiger partial charge in [0.25, 0.3) is 17.3 Å². The number of nitrogens with one attached hydrogen (secondary N) is 1. The number of amides is 1. The highest BCUT2D eigenvalue weighted by atomic mass is 16.6. The number of likely N-dealkylation sites (N-methyl/N-ethyl adjacent to an activating group) is 1. The van der Waals surface area contributed by atoms with Gasteiger partial charge in [-0.3, -0.25) is 29.9 Å². The third-order valence-electron chi connectivity index (χ3n) is 5.12. The molecule has 0 spiro atoms. The molecule has 0 saturated carbocycles. The highest BCUT2D eigenvalue weighted by Gasteiger charge is 2.20. The van der Waals surface area contributed by atoms with Gasteiger partial charge in [-0.25, -0.2) is 0 Å². The molecule has 3 rings (SSSR count). The van der Waals surface area contributed by atoms with E-state index >= 15 is 0 Å². The zero-order valence-corrected chi connectivity index (χ0v) is 16.6. The number of rotatable bonds is 7. The van der Waals surface area contributed by atoms with E-state index in [1.54, 1.807) is 12.1 Å². The predicted molar refractivity (Wildman–Crippen MR) is 112 cm³/mol. The van der Waals surface area contributed by atoms with Crippen molar-refractivity contribution in [3.05, 3.63) is 73.8 Å². The van der Waals surface area contributed by atoms with Crippen LogP contribution in [-0.2, 0) is 6.54 Å². The van der Waals surface area contributed by atoms with Crippen LogP contribution in [-0.4, -0.2) is 58.3 Å². The molecule has 1 fully saturated rings. The van der Waals surface area contributed by atoms with Crippen LogP contribution in [0.3, 0.4) is 0 Å². The Balaban J connectivity index is 1.65. The highest BCUT2D eigenvalue weighted by Crippen LogP contribution is 2.23. The summed E-state index contributed by atoms with van der Waals surface area (Å²) in [5.41, 5.74) is 0.465. The number of piperazine rings is 1. The number of carbonyl (C=O) groups is 1. The number of carbonyl (C=O) groups excluding carboxylic acids is 1. The minimum Gasteiger partial charge on any atom is -0.322 e. The van der Waals surface area contributed by atoms with Crippen molar-refractivity contribution < 1.29 is 14.6 Å². The Morgan fingerprint density at radius 1 is 0.933 bits per heavy atom. The van der Waals surface area contributed by atoms with Gasteiger partial charge in [0.1, 0.15) is 0 Å². The minimum absolute atomic E-state index is 0.145. The number of anilines is 1. The third kappa shape index (κ3) is 5.37. The molecule has 2 aromatic carbocycles. The van der Waals surface area contributed by atoms with Gasteiger partial charge in [0.15, 0.2) is 0 Å². The standard InChI is InChI=1S/C20H23N5O5/c1-2-22-7-9-23(10-8-22)14-15-3-5-17(6-4-15)21-20(26)16-11-18(24(27)28)13-19(12-16)25(29)30/h3-6,11-13H,2,7-10,14H2,1H3,(H,21,26). The van der Waals surface area contributed by atoms with E-state index in [1.165, 1.54) is 0 Å². The lowest BCUT2D eigenvalue weighted by atomic mass is 10.1. The molecule has 1 heterocycles. The Morgan fingerprint density at radius 3 is 1.97 bits per heavy atom. The maximum atomic E-state index is 12.5. The van der Waals surface area contributed by atoms with E-state index in [0.717, 1.165) is 63.0 Å².